The van der Waals surface area contributed by atoms with E-state index >= 15 is 0 Å². The summed E-state index contributed by atoms with van der Waals surface area (Å²) in [7, 11) is 0. The number of halogens is 2. The second-order valence-electron chi connectivity index (χ2n) is 8.60. The number of nitrogens with zero attached hydrogens (tertiary/aromatic N) is 1. The van der Waals surface area contributed by atoms with Gasteiger partial charge in [0, 0.05) is 23.7 Å². The third-order valence-electron chi connectivity index (χ3n) is 6.72. The lowest BCUT2D eigenvalue weighted by atomic mass is 9.76. The van der Waals surface area contributed by atoms with Gasteiger partial charge >= 0.3 is 0 Å². The fourth-order valence-electron chi connectivity index (χ4n) is 5.31. The second-order valence-corrected chi connectivity index (χ2v) is 8.60. The highest BCUT2D eigenvalue weighted by Crippen LogP contribution is 2.53. The van der Waals surface area contributed by atoms with Crippen molar-refractivity contribution in [3.05, 3.63) is 65.2 Å². The topological polar surface area (TPSA) is 122 Å². The lowest BCUT2D eigenvalue weighted by molar-refractivity contribution is -0.143. The van der Waals surface area contributed by atoms with E-state index in [1.165, 1.54) is 42.5 Å². The summed E-state index contributed by atoms with van der Waals surface area (Å²) < 4.78 is 27.5. The number of fused-ring (bicyclic) bond motifs is 4. The van der Waals surface area contributed by atoms with Crippen LogP contribution in [-0.2, 0) is 31.3 Å². The molecule has 0 bridgehead atoms. The number of nitrogens with one attached hydrogen (secondary N) is 2. The molecule has 0 aromatic heterocycles. The first-order valence-electron chi connectivity index (χ1n) is 10.5. The summed E-state index contributed by atoms with van der Waals surface area (Å²) in [5.74, 6) is -5.37. The zero-order valence-corrected chi connectivity index (χ0v) is 17.3. The lowest BCUT2D eigenvalue weighted by Gasteiger charge is -2.29. The standard InChI is InChI=1S/C23H20F2N4O4/c24-12-3-1-11(2-4-12)10-29-20(31)18-16(7-8-17(26)30)28-23(19(18)21(29)32)14-9-13(25)5-6-15(14)27-22(23)33/h1-6,9,16,18-19,28H,7-8,10H2,(H2,26,30)(H,27,33)/t16-,18+,19-,23-/m0/s1. The zero-order chi connectivity index (χ0) is 23.5. The van der Waals surface area contributed by atoms with E-state index < -0.39 is 58.7 Å². The Kier molecular flexibility index (Phi) is 4.78. The van der Waals surface area contributed by atoms with Crippen LogP contribution in [0, 0.1) is 23.5 Å². The van der Waals surface area contributed by atoms with Crippen LogP contribution in [-0.4, -0.2) is 34.6 Å². The van der Waals surface area contributed by atoms with E-state index in [4.69, 9.17) is 5.73 Å². The minimum atomic E-state index is -1.66. The minimum Gasteiger partial charge on any atom is -0.370 e. The van der Waals surface area contributed by atoms with Crippen molar-refractivity contribution in [2.75, 3.05) is 5.32 Å². The van der Waals surface area contributed by atoms with Gasteiger partial charge in [-0.25, -0.2) is 8.78 Å². The summed E-state index contributed by atoms with van der Waals surface area (Å²) in [5, 5.41) is 5.78. The molecule has 33 heavy (non-hydrogen) atoms. The molecule has 0 aliphatic carbocycles. The molecule has 4 N–H and O–H groups in total. The number of carbonyl (C=O) groups excluding carboxylic acids is 4. The summed E-state index contributed by atoms with van der Waals surface area (Å²) in [6.45, 7) is -0.0960. The number of likely N-dealkylation sites (tertiary alicyclic amines) is 1. The largest absolute Gasteiger partial charge is 0.370 e. The van der Waals surface area contributed by atoms with Crippen molar-refractivity contribution in [1.29, 1.82) is 0 Å². The molecule has 3 aliphatic heterocycles. The van der Waals surface area contributed by atoms with Gasteiger partial charge in [0.05, 0.1) is 18.4 Å². The molecule has 170 valence electrons. The summed E-state index contributed by atoms with van der Waals surface area (Å²) in [5.41, 5.74) is 4.76. The molecule has 2 aromatic rings. The van der Waals surface area contributed by atoms with Crippen LogP contribution in [0.1, 0.15) is 24.0 Å². The molecular formula is C23H20F2N4O4. The van der Waals surface area contributed by atoms with Crippen molar-refractivity contribution >= 4 is 29.3 Å². The third-order valence-corrected chi connectivity index (χ3v) is 6.72. The van der Waals surface area contributed by atoms with E-state index in [-0.39, 0.29) is 24.9 Å². The Hall–Kier alpha value is -3.66. The van der Waals surface area contributed by atoms with Crippen LogP contribution in [0.25, 0.3) is 0 Å². The number of primary amides is 1. The van der Waals surface area contributed by atoms with Gasteiger partial charge in [-0.15, -0.1) is 0 Å². The molecule has 2 aromatic carbocycles. The summed E-state index contributed by atoms with van der Waals surface area (Å²) in [6.07, 6.45) is 0.0631. The van der Waals surface area contributed by atoms with Gasteiger partial charge in [-0.3, -0.25) is 29.4 Å². The predicted molar refractivity (Wildman–Crippen MR) is 111 cm³/mol. The quantitative estimate of drug-likeness (QED) is 0.586. The van der Waals surface area contributed by atoms with Crippen molar-refractivity contribution in [3.8, 4) is 0 Å². The maximum absolute atomic E-state index is 14.2. The summed E-state index contributed by atoms with van der Waals surface area (Å²) in [4.78, 5) is 52.7. The number of imide groups is 1. The number of benzene rings is 2. The molecule has 2 saturated heterocycles. The van der Waals surface area contributed by atoms with Gasteiger partial charge in [0.2, 0.25) is 23.6 Å². The van der Waals surface area contributed by atoms with Crippen molar-refractivity contribution in [2.45, 2.75) is 31.0 Å². The Bertz CT molecular complexity index is 1200. The maximum atomic E-state index is 14.2. The third kappa shape index (κ3) is 3.12. The molecule has 8 nitrogen and oxygen atoms in total. The highest BCUT2D eigenvalue weighted by Gasteiger charge is 2.70. The van der Waals surface area contributed by atoms with Crippen LogP contribution < -0.4 is 16.4 Å². The van der Waals surface area contributed by atoms with Crippen LogP contribution in [0.15, 0.2) is 42.5 Å². The van der Waals surface area contributed by atoms with Crippen LogP contribution in [0.5, 0.6) is 0 Å². The fourth-order valence-corrected chi connectivity index (χ4v) is 5.31. The van der Waals surface area contributed by atoms with Gasteiger partial charge in [-0.1, -0.05) is 12.1 Å². The van der Waals surface area contributed by atoms with Gasteiger partial charge in [0.25, 0.3) is 0 Å². The molecule has 0 saturated carbocycles. The number of hydrogen-bond donors (Lipinski definition) is 3. The van der Waals surface area contributed by atoms with E-state index in [1.54, 1.807) is 0 Å². The average molecular weight is 454 g/mol. The number of carbonyl (C=O) groups is 4. The smallest absolute Gasteiger partial charge is 0.250 e. The highest BCUT2D eigenvalue weighted by molar-refractivity contribution is 6.15. The van der Waals surface area contributed by atoms with Crippen molar-refractivity contribution < 1.29 is 28.0 Å². The molecule has 4 atom stereocenters. The number of hydrogen-bond acceptors (Lipinski definition) is 5. The lowest BCUT2D eigenvalue weighted by Crippen LogP contribution is -2.53. The Morgan fingerprint density at radius 1 is 1.03 bits per heavy atom. The molecule has 10 heteroatoms. The van der Waals surface area contributed by atoms with Crippen molar-refractivity contribution in [2.24, 2.45) is 17.6 Å². The van der Waals surface area contributed by atoms with E-state index in [9.17, 15) is 28.0 Å². The Morgan fingerprint density at radius 2 is 1.73 bits per heavy atom. The maximum Gasteiger partial charge on any atom is 0.250 e. The Balaban J connectivity index is 1.58. The molecule has 2 fully saturated rings. The Labute approximate surface area is 187 Å². The first-order valence-corrected chi connectivity index (χ1v) is 10.5. The monoisotopic (exact) mass is 454 g/mol. The molecule has 3 aliphatic rings. The fraction of sp³-hybridized carbons (Fsp3) is 0.304. The number of amides is 4. The van der Waals surface area contributed by atoms with E-state index in [1.807, 2.05) is 0 Å². The zero-order valence-electron chi connectivity index (χ0n) is 17.3. The minimum absolute atomic E-state index is 0.0615. The number of nitrogens with two attached hydrogens (primary N) is 1. The van der Waals surface area contributed by atoms with Gasteiger partial charge in [-0.05, 0) is 42.3 Å². The van der Waals surface area contributed by atoms with E-state index in [0.29, 0.717) is 11.3 Å². The van der Waals surface area contributed by atoms with Crippen molar-refractivity contribution in [1.82, 2.24) is 10.2 Å². The van der Waals surface area contributed by atoms with Crippen LogP contribution in [0.3, 0.4) is 0 Å². The van der Waals surface area contributed by atoms with E-state index in [0.717, 1.165) is 4.90 Å². The van der Waals surface area contributed by atoms with Crippen LogP contribution in [0.4, 0.5) is 14.5 Å². The molecule has 0 radical (unpaired) electrons. The second kappa shape index (κ2) is 7.45. The van der Waals surface area contributed by atoms with Crippen LogP contribution in [0.2, 0.25) is 0 Å². The summed E-state index contributed by atoms with van der Waals surface area (Å²) >= 11 is 0. The summed E-state index contributed by atoms with van der Waals surface area (Å²) in [6, 6.07) is 8.45. The van der Waals surface area contributed by atoms with Crippen molar-refractivity contribution in [3.63, 3.8) is 0 Å². The molecule has 0 unspecified atom stereocenters. The molecule has 3 heterocycles. The van der Waals surface area contributed by atoms with E-state index in [2.05, 4.69) is 10.6 Å². The van der Waals surface area contributed by atoms with Gasteiger partial charge in [0.1, 0.15) is 17.2 Å². The molecule has 1 spiro atoms. The Morgan fingerprint density at radius 3 is 2.42 bits per heavy atom. The first kappa shape index (κ1) is 21.2. The highest BCUT2D eigenvalue weighted by atomic mass is 19.1. The molecular weight excluding hydrogens is 434 g/mol. The molecule has 4 amide bonds. The van der Waals surface area contributed by atoms with Gasteiger partial charge < -0.3 is 11.1 Å². The SMILES string of the molecule is NC(=O)CC[C@@H]1N[C@]2(C(=O)Nc3ccc(F)cc32)[C@@H]2C(=O)N(Cc3ccc(F)cc3)C(=O)[C@H]12. The van der Waals surface area contributed by atoms with Crippen LogP contribution >= 0.6 is 0 Å². The van der Waals surface area contributed by atoms with Gasteiger partial charge in [0.15, 0.2) is 0 Å². The number of rotatable bonds is 5. The first-order chi connectivity index (χ1) is 15.7. The average Bonchev–Trinajstić information content (AvgIpc) is 3.34. The normalized spacial score (nSPS) is 27.8. The predicted octanol–water partition coefficient (Wildman–Crippen LogP) is 1.15. The van der Waals surface area contributed by atoms with Gasteiger partial charge in [-0.2, -0.15) is 0 Å². The molecule has 5 rings (SSSR count). The number of anilines is 1.